The van der Waals surface area contributed by atoms with E-state index in [-0.39, 0.29) is 40.0 Å². The molecule has 2 aromatic heterocycles. The van der Waals surface area contributed by atoms with Crippen molar-refractivity contribution in [2.24, 2.45) is 0 Å². The lowest BCUT2D eigenvalue weighted by Crippen LogP contribution is -2.29. The molecule has 0 saturated carbocycles. The van der Waals surface area contributed by atoms with Crippen molar-refractivity contribution in [1.29, 1.82) is 0 Å². The summed E-state index contributed by atoms with van der Waals surface area (Å²) in [5.41, 5.74) is 2.97. The average Bonchev–Trinajstić information content (AvgIpc) is 3.22. The molecule has 4 rings (SSSR count). The van der Waals surface area contributed by atoms with Crippen LogP contribution in [0.1, 0.15) is 38.3 Å². The van der Waals surface area contributed by atoms with E-state index in [2.05, 4.69) is 35.8 Å². The lowest BCUT2D eigenvalue weighted by Gasteiger charge is -2.23. The fourth-order valence-electron chi connectivity index (χ4n) is 3.67. The van der Waals surface area contributed by atoms with E-state index in [4.69, 9.17) is 34.8 Å². The fraction of sp³-hybridized carbons (Fsp3) is 0.333. The fourth-order valence-corrected chi connectivity index (χ4v) is 4.20. The van der Waals surface area contributed by atoms with Crippen molar-refractivity contribution in [3.8, 4) is 11.4 Å². The number of carbonyl (C=O) groups is 1. The molecule has 1 amide bonds. The highest BCUT2D eigenvalue weighted by Gasteiger charge is 2.23. The first-order chi connectivity index (χ1) is 17.5. The van der Waals surface area contributed by atoms with Gasteiger partial charge in [-0.3, -0.25) is 4.79 Å². The number of anilines is 1. The summed E-state index contributed by atoms with van der Waals surface area (Å²) in [6, 6.07) is 8.95. The van der Waals surface area contributed by atoms with E-state index in [0.29, 0.717) is 41.3 Å². The zero-order valence-corrected chi connectivity index (χ0v) is 22.7. The Hall–Kier alpha value is -3.21. The molecule has 13 heteroatoms. The predicted octanol–water partition coefficient (Wildman–Crippen LogP) is 4.73. The maximum absolute atomic E-state index is 12.5. The van der Waals surface area contributed by atoms with Crippen molar-refractivity contribution in [2.75, 3.05) is 18.4 Å². The van der Waals surface area contributed by atoms with Gasteiger partial charge in [-0.2, -0.15) is 15.0 Å². The second-order valence-corrected chi connectivity index (χ2v) is 10.5. The summed E-state index contributed by atoms with van der Waals surface area (Å²) in [4.78, 5) is 25.4. The van der Waals surface area contributed by atoms with Gasteiger partial charge in [-0.1, -0.05) is 38.4 Å². The monoisotopic (exact) mass is 562 g/mol. The number of aryl methyl sites for hydroxylation is 1. The first-order valence-electron chi connectivity index (χ1n) is 11.5. The van der Waals surface area contributed by atoms with Crippen LogP contribution in [-0.4, -0.2) is 54.0 Å². The lowest BCUT2D eigenvalue weighted by atomic mass is 9.84. The number of halogens is 3. The van der Waals surface area contributed by atoms with E-state index < -0.39 is 0 Å². The van der Waals surface area contributed by atoms with Gasteiger partial charge in [0.05, 0.1) is 0 Å². The minimum Gasteiger partial charge on any atom is -0.505 e. The average molecular weight is 564 g/mol. The van der Waals surface area contributed by atoms with Crippen LogP contribution in [-0.2, 0) is 16.6 Å². The van der Waals surface area contributed by atoms with Crippen LogP contribution in [0.3, 0.4) is 0 Å². The number of nitrogens with zero attached hydrogens (tertiary/aromatic N) is 6. The van der Waals surface area contributed by atoms with Crippen molar-refractivity contribution in [3.63, 3.8) is 0 Å². The van der Waals surface area contributed by atoms with Gasteiger partial charge < -0.3 is 15.7 Å². The standard InChI is InChI=1S/C24H25Cl3N8O2/c1-24(2,3)15-10-13(4-7-19(36)28-8-9-29-23-31-21(26)30-22(27)32-23)11-18(20(15)37)35-33-16-6-5-14(25)12-17(16)34-35/h5-6,10-12,37H,4,7-9H2,1-3H3,(H,28,36)(H,29,30,31,32). The number of fused-ring (bicyclic) bond motifs is 1. The molecule has 0 spiro atoms. The van der Waals surface area contributed by atoms with Gasteiger partial charge >= 0.3 is 0 Å². The Bertz CT molecular complexity index is 1430. The number of aromatic nitrogens is 6. The van der Waals surface area contributed by atoms with Crippen molar-refractivity contribution < 1.29 is 9.90 Å². The molecule has 0 radical (unpaired) electrons. The number of rotatable bonds is 8. The van der Waals surface area contributed by atoms with Crippen LogP contribution in [0.5, 0.6) is 5.75 Å². The van der Waals surface area contributed by atoms with E-state index >= 15 is 0 Å². The Morgan fingerprint density at radius 1 is 0.973 bits per heavy atom. The minimum absolute atomic E-state index is 0.0170. The number of phenolic OH excluding ortho intramolecular Hbond substituents is 1. The summed E-state index contributed by atoms with van der Waals surface area (Å²) in [5.74, 6) is 0.197. The Morgan fingerprint density at radius 2 is 1.68 bits per heavy atom. The van der Waals surface area contributed by atoms with E-state index in [0.717, 1.165) is 11.1 Å². The number of carbonyl (C=O) groups excluding carboxylic acids is 1. The second-order valence-electron chi connectivity index (χ2n) is 9.36. The van der Waals surface area contributed by atoms with E-state index in [1.54, 1.807) is 24.3 Å². The van der Waals surface area contributed by atoms with Gasteiger partial charge in [-0.15, -0.1) is 15.0 Å². The van der Waals surface area contributed by atoms with E-state index in [9.17, 15) is 9.90 Å². The summed E-state index contributed by atoms with van der Waals surface area (Å²) < 4.78 is 0. The molecule has 3 N–H and O–H groups in total. The van der Waals surface area contributed by atoms with Gasteiger partial charge in [0.25, 0.3) is 0 Å². The summed E-state index contributed by atoms with van der Waals surface area (Å²) in [5, 5.41) is 26.4. The zero-order valence-electron chi connectivity index (χ0n) is 20.4. The van der Waals surface area contributed by atoms with Gasteiger partial charge in [0, 0.05) is 30.1 Å². The third kappa shape index (κ3) is 6.76. The predicted molar refractivity (Wildman–Crippen MR) is 144 cm³/mol. The number of amides is 1. The van der Waals surface area contributed by atoms with Crippen LogP contribution in [0, 0.1) is 0 Å². The van der Waals surface area contributed by atoms with E-state index in [1.165, 1.54) is 4.80 Å². The van der Waals surface area contributed by atoms with Crippen LogP contribution < -0.4 is 10.6 Å². The van der Waals surface area contributed by atoms with Crippen LogP contribution in [0.25, 0.3) is 16.7 Å². The topological polar surface area (TPSA) is 131 Å². The number of hydrogen-bond donors (Lipinski definition) is 3. The smallest absolute Gasteiger partial charge is 0.228 e. The van der Waals surface area contributed by atoms with Crippen LogP contribution in [0.15, 0.2) is 30.3 Å². The summed E-state index contributed by atoms with van der Waals surface area (Å²) in [6.45, 7) is 6.75. The molecule has 0 unspecified atom stereocenters. The molecule has 4 aromatic rings. The molecular weight excluding hydrogens is 539 g/mol. The molecule has 194 valence electrons. The molecule has 0 atom stereocenters. The quantitative estimate of drug-likeness (QED) is 0.262. The molecule has 0 bridgehead atoms. The summed E-state index contributed by atoms with van der Waals surface area (Å²) in [6.07, 6.45) is 0.711. The van der Waals surface area contributed by atoms with Gasteiger partial charge in [0.15, 0.2) is 0 Å². The van der Waals surface area contributed by atoms with Gasteiger partial charge in [0.2, 0.25) is 22.4 Å². The molecule has 2 aromatic carbocycles. The molecule has 0 aliphatic rings. The normalized spacial score (nSPS) is 11.6. The highest BCUT2D eigenvalue weighted by molar-refractivity contribution is 6.31. The Morgan fingerprint density at radius 3 is 2.38 bits per heavy atom. The van der Waals surface area contributed by atoms with E-state index in [1.807, 2.05) is 26.8 Å². The second kappa shape index (κ2) is 11.0. The molecule has 0 saturated heterocycles. The molecule has 10 nitrogen and oxygen atoms in total. The number of phenols is 1. The third-order valence-electron chi connectivity index (χ3n) is 5.47. The molecule has 0 aliphatic carbocycles. The summed E-state index contributed by atoms with van der Waals surface area (Å²) >= 11 is 17.6. The van der Waals surface area contributed by atoms with Crippen molar-refractivity contribution in [1.82, 2.24) is 35.3 Å². The molecule has 2 heterocycles. The molecule has 0 fully saturated rings. The number of hydrogen-bond acceptors (Lipinski definition) is 8. The molecule has 37 heavy (non-hydrogen) atoms. The number of nitrogens with one attached hydrogen (secondary N) is 2. The van der Waals surface area contributed by atoms with Gasteiger partial charge in [-0.25, -0.2) is 0 Å². The largest absolute Gasteiger partial charge is 0.505 e. The summed E-state index contributed by atoms with van der Waals surface area (Å²) in [7, 11) is 0. The zero-order chi connectivity index (χ0) is 26.7. The maximum Gasteiger partial charge on any atom is 0.228 e. The van der Waals surface area contributed by atoms with Crippen molar-refractivity contribution in [2.45, 2.75) is 39.0 Å². The Balaban J connectivity index is 1.44. The molecular formula is C24H25Cl3N8O2. The SMILES string of the molecule is CC(C)(C)c1cc(CCC(=O)NCCNc2nc(Cl)nc(Cl)n2)cc(-n2nc3ccc(Cl)cc3n2)c1O. The minimum atomic E-state index is -0.348. The third-order valence-corrected chi connectivity index (χ3v) is 6.04. The highest BCUT2D eigenvalue weighted by Crippen LogP contribution is 2.36. The molecule has 0 aliphatic heterocycles. The van der Waals surface area contributed by atoms with Crippen molar-refractivity contribution >= 4 is 57.7 Å². The number of benzene rings is 2. The van der Waals surface area contributed by atoms with Crippen LogP contribution in [0.4, 0.5) is 5.95 Å². The lowest BCUT2D eigenvalue weighted by molar-refractivity contribution is -0.120. The Labute approximate surface area is 228 Å². The first kappa shape index (κ1) is 26.8. The van der Waals surface area contributed by atoms with Crippen LogP contribution >= 0.6 is 34.8 Å². The first-order valence-corrected chi connectivity index (χ1v) is 12.6. The highest BCUT2D eigenvalue weighted by atomic mass is 35.5. The van der Waals surface area contributed by atoms with Gasteiger partial charge in [0.1, 0.15) is 22.5 Å². The van der Waals surface area contributed by atoms with Gasteiger partial charge in [-0.05, 0) is 64.9 Å². The van der Waals surface area contributed by atoms with Crippen molar-refractivity contribution in [3.05, 3.63) is 57.0 Å². The maximum atomic E-state index is 12.5. The number of aromatic hydroxyl groups is 1. The van der Waals surface area contributed by atoms with Crippen LogP contribution in [0.2, 0.25) is 15.6 Å². The Kier molecular flexibility index (Phi) is 8.01.